The average Bonchev–Trinajstić information content (AvgIpc) is 3.50. The zero-order chi connectivity index (χ0) is 26.5. The van der Waals surface area contributed by atoms with Crippen LogP contribution in [0.2, 0.25) is 0 Å². The van der Waals surface area contributed by atoms with Crippen molar-refractivity contribution in [3.8, 4) is 39.5 Å². The van der Waals surface area contributed by atoms with Crippen LogP contribution in [0.5, 0.6) is 5.75 Å². The molecule has 0 saturated heterocycles. The monoisotopic (exact) mass is 518 g/mol. The topological polar surface area (TPSA) is 120 Å². The molecule has 0 unspecified atom stereocenters. The number of aromatic nitrogens is 5. The lowest BCUT2D eigenvalue weighted by Gasteiger charge is -2.24. The summed E-state index contributed by atoms with van der Waals surface area (Å²) in [5.41, 5.74) is 6.61. The number of hydrogen-bond donors (Lipinski definition) is 4. The first-order chi connectivity index (χ1) is 19.0. The number of nitrogens with zero attached hydrogens (tertiary/aromatic N) is 3. The fourth-order valence-electron chi connectivity index (χ4n) is 5.11. The first-order valence-corrected chi connectivity index (χ1v) is 12.7. The van der Waals surface area contributed by atoms with Crippen LogP contribution in [-0.4, -0.2) is 36.2 Å². The van der Waals surface area contributed by atoms with E-state index in [1.807, 2.05) is 36.4 Å². The SMILES string of the molecule is O=C(Nc1cncc(-c2cc3c(-c4cc5c(-c6cc(O)cc(F)c6)cccc5[nH]4)n[nH]c3cn2)c1)C1CCC1. The summed E-state index contributed by atoms with van der Waals surface area (Å²) in [5, 5.41) is 22.2. The van der Waals surface area contributed by atoms with Crippen LogP contribution in [0.4, 0.5) is 10.1 Å². The standard InChI is InChI=1S/C30H23FN6O2/c31-19-7-17(9-21(38)10-19)22-5-2-6-25-23(22)11-27(35-25)29-24-12-26(33-15-28(24)36-37-29)18-8-20(14-32-13-18)34-30(39)16-3-1-4-16/h2,5-16,35,38H,1,3-4H2,(H,34,39)(H,36,37). The minimum Gasteiger partial charge on any atom is -0.508 e. The summed E-state index contributed by atoms with van der Waals surface area (Å²) in [6.45, 7) is 0. The van der Waals surface area contributed by atoms with Crippen LogP contribution in [0.25, 0.3) is 55.6 Å². The third-order valence-electron chi connectivity index (χ3n) is 7.34. The van der Waals surface area contributed by atoms with Gasteiger partial charge >= 0.3 is 0 Å². The number of benzene rings is 2. The van der Waals surface area contributed by atoms with E-state index in [-0.39, 0.29) is 17.6 Å². The van der Waals surface area contributed by atoms with E-state index in [0.717, 1.165) is 64.0 Å². The van der Waals surface area contributed by atoms with Gasteiger partial charge < -0.3 is 15.4 Å². The molecule has 4 heterocycles. The number of rotatable bonds is 5. The molecule has 0 aliphatic heterocycles. The summed E-state index contributed by atoms with van der Waals surface area (Å²) in [7, 11) is 0. The highest BCUT2D eigenvalue weighted by molar-refractivity contribution is 6.01. The number of carbonyl (C=O) groups excluding carboxylic acids is 1. The number of hydrogen-bond acceptors (Lipinski definition) is 5. The van der Waals surface area contributed by atoms with Gasteiger partial charge in [0, 0.05) is 40.0 Å². The number of nitrogens with one attached hydrogen (secondary N) is 3. The molecule has 1 amide bonds. The van der Waals surface area contributed by atoms with Gasteiger partial charge in [0.2, 0.25) is 5.91 Å². The van der Waals surface area contributed by atoms with Crippen molar-refractivity contribution < 1.29 is 14.3 Å². The van der Waals surface area contributed by atoms with Crippen molar-refractivity contribution in [2.75, 3.05) is 5.32 Å². The predicted molar refractivity (Wildman–Crippen MR) is 147 cm³/mol. The van der Waals surface area contributed by atoms with Crippen LogP contribution in [0.3, 0.4) is 0 Å². The van der Waals surface area contributed by atoms with Gasteiger partial charge in [0.15, 0.2) is 0 Å². The van der Waals surface area contributed by atoms with Crippen LogP contribution in [0.15, 0.2) is 73.2 Å². The van der Waals surface area contributed by atoms with Crippen molar-refractivity contribution in [1.82, 2.24) is 25.1 Å². The summed E-state index contributed by atoms with van der Waals surface area (Å²) in [6.07, 6.45) is 8.05. The van der Waals surface area contributed by atoms with Gasteiger partial charge in [-0.1, -0.05) is 18.6 Å². The molecule has 4 N–H and O–H groups in total. The number of amides is 1. The van der Waals surface area contributed by atoms with E-state index in [1.54, 1.807) is 24.7 Å². The molecule has 7 rings (SSSR count). The fourth-order valence-corrected chi connectivity index (χ4v) is 5.11. The first kappa shape index (κ1) is 23.1. The van der Waals surface area contributed by atoms with E-state index in [1.165, 1.54) is 6.07 Å². The molecule has 1 saturated carbocycles. The molecule has 0 spiro atoms. The lowest BCUT2D eigenvalue weighted by atomic mass is 9.85. The summed E-state index contributed by atoms with van der Waals surface area (Å²) < 4.78 is 14.0. The maximum atomic E-state index is 14.0. The Balaban J connectivity index is 1.27. The van der Waals surface area contributed by atoms with Crippen molar-refractivity contribution in [2.45, 2.75) is 19.3 Å². The molecule has 4 aromatic heterocycles. The third-order valence-corrected chi connectivity index (χ3v) is 7.34. The van der Waals surface area contributed by atoms with Gasteiger partial charge in [-0.2, -0.15) is 5.10 Å². The molecule has 39 heavy (non-hydrogen) atoms. The average molecular weight is 519 g/mol. The Morgan fingerprint density at radius 3 is 2.69 bits per heavy atom. The molecule has 192 valence electrons. The van der Waals surface area contributed by atoms with Gasteiger partial charge in [-0.15, -0.1) is 0 Å². The van der Waals surface area contributed by atoms with Gasteiger partial charge in [0.25, 0.3) is 0 Å². The van der Waals surface area contributed by atoms with Crippen LogP contribution < -0.4 is 5.32 Å². The lowest BCUT2D eigenvalue weighted by molar-refractivity contribution is -0.122. The van der Waals surface area contributed by atoms with Gasteiger partial charge in [-0.3, -0.25) is 19.9 Å². The number of aromatic hydroxyl groups is 1. The molecule has 8 nitrogen and oxygen atoms in total. The second kappa shape index (κ2) is 9.05. The largest absolute Gasteiger partial charge is 0.508 e. The third kappa shape index (κ3) is 4.17. The highest BCUT2D eigenvalue weighted by Crippen LogP contribution is 2.36. The van der Waals surface area contributed by atoms with Crippen molar-refractivity contribution in [2.24, 2.45) is 5.92 Å². The number of carbonyl (C=O) groups is 1. The van der Waals surface area contributed by atoms with Crippen LogP contribution in [-0.2, 0) is 4.79 Å². The molecule has 6 aromatic rings. The van der Waals surface area contributed by atoms with Crippen molar-refractivity contribution in [3.63, 3.8) is 0 Å². The minimum atomic E-state index is -0.503. The number of aromatic amines is 2. The first-order valence-electron chi connectivity index (χ1n) is 12.7. The second-order valence-corrected chi connectivity index (χ2v) is 9.91. The summed E-state index contributed by atoms with van der Waals surface area (Å²) in [5.74, 6) is -0.512. The maximum Gasteiger partial charge on any atom is 0.227 e. The van der Waals surface area contributed by atoms with E-state index in [4.69, 9.17) is 0 Å². The van der Waals surface area contributed by atoms with Crippen LogP contribution >= 0.6 is 0 Å². The predicted octanol–water partition coefficient (Wildman–Crippen LogP) is 6.42. The zero-order valence-corrected chi connectivity index (χ0v) is 20.7. The smallest absolute Gasteiger partial charge is 0.227 e. The Bertz CT molecular complexity index is 1870. The minimum absolute atomic E-state index is 0.0346. The van der Waals surface area contributed by atoms with Crippen molar-refractivity contribution >= 4 is 33.4 Å². The van der Waals surface area contributed by atoms with Gasteiger partial charge in [-0.25, -0.2) is 4.39 Å². The van der Waals surface area contributed by atoms with E-state index in [2.05, 4.69) is 30.5 Å². The molecular formula is C30H23FN6O2. The lowest BCUT2D eigenvalue weighted by Crippen LogP contribution is -2.28. The molecule has 0 radical (unpaired) electrons. The van der Waals surface area contributed by atoms with Gasteiger partial charge in [-0.05, 0) is 60.4 Å². The number of phenolic OH excluding ortho intramolecular Hbond substituents is 1. The fraction of sp³-hybridized carbons (Fsp3) is 0.133. The molecule has 9 heteroatoms. The summed E-state index contributed by atoms with van der Waals surface area (Å²) in [4.78, 5) is 24.7. The highest BCUT2D eigenvalue weighted by Gasteiger charge is 2.25. The zero-order valence-electron chi connectivity index (χ0n) is 20.7. The summed E-state index contributed by atoms with van der Waals surface area (Å²) >= 11 is 0. The maximum absolute atomic E-state index is 14.0. The molecule has 1 aliphatic carbocycles. The Labute approximate surface area is 222 Å². The van der Waals surface area contributed by atoms with Crippen molar-refractivity contribution in [1.29, 1.82) is 0 Å². The normalized spacial score (nSPS) is 13.6. The molecule has 1 fully saturated rings. The highest BCUT2D eigenvalue weighted by atomic mass is 19.1. The quantitative estimate of drug-likeness (QED) is 0.210. The molecule has 0 bridgehead atoms. The van der Waals surface area contributed by atoms with Gasteiger partial charge in [0.1, 0.15) is 17.3 Å². The molecule has 2 aromatic carbocycles. The number of halogens is 1. The van der Waals surface area contributed by atoms with E-state index < -0.39 is 5.82 Å². The number of pyridine rings is 2. The van der Waals surface area contributed by atoms with Crippen LogP contribution in [0, 0.1) is 11.7 Å². The molecule has 1 aliphatic rings. The number of H-pyrrole nitrogens is 2. The second-order valence-electron chi connectivity index (χ2n) is 9.91. The Kier molecular flexibility index (Phi) is 5.36. The van der Waals surface area contributed by atoms with Gasteiger partial charge in [0.05, 0.1) is 35.0 Å². The van der Waals surface area contributed by atoms with Crippen LogP contribution in [0.1, 0.15) is 19.3 Å². The number of phenols is 1. The van der Waals surface area contributed by atoms with E-state index >= 15 is 0 Å². The number of fused-ring (bicyclic) bond motifs is 2. The molecule has 0 atom stereocenters. The summed E-state index contributed by atoms with van der Waals surface area (Å²) in [6, 6.07) is 15.5. The van der Waals surface area contributed by atoms with E-state index in [0.29, 0.717) is 22.6 Å². The Morgan fingerprint density at radius 2 is 1.87 bits per heavy atom. The van der Waals surface area contributed by atoms with E-state index in [9.17, 15) is 14.3 Å². The van der Waals surface area contributed by atoms with Crippen molar-refractivity contribution in [3.05, 3.63) is 79.0 Å². The number of anilines is 1. The molecular weight excluding hydrogens is 495 g/mol. The Morgan fingerprint density at radius 1 is 0.974 bits per heavy atom. The Hall–Kier alpha value is -5.05.